The molecule has 1 unspecified atom stereocenters. The molecule has 2 rings (SSSR count). The number of carbonyl (C=O) groups is 1. The third kappa shape index (κ3) is 6.54. The number of carbonyl (C=O) groups excluding carboxylic acids is 1. The summed E-state index contributed by atoms with van der Waals surface area (Å²) in [5, 5.41) is 2.78. The molecule has 0 heterocycles. The summed E-state index contributed by atoms with van der Waals surface area (Å²) in [6.45, 7) is 0.676. The predicted molar refractivity (Wildman–Crippen MR) is 96.4 cm³/mol. The van der Waals surface area contributed by atoms with Crippen LogP contribution < -0.4 is 11.1 Å². The molecule has 142 valence electrons. The molecule has 1 aromatic carbocycles. The monoisotopic (exact) mass is 393 g/mol. The fourth-order valence-corrected chi connectivity index (χ4v) is 3.59. The normalized spacial score (nSPS) is 15.5. The van der Waals surface area contributed by atoms with Crippen molar-refractivity contribution in [2.75, 3.05) is 20.1 Å². The summed E-state index contributed by atoms with van der Waals surface area (Å²) in [4.78, 5) is 11.8. The van der Waals surface area contributed by atoms with E-state index in [0.717, 1.165) is 25.0 Å². The highest BCUT2D eigenvalue weighted by Crippen LogP contribution is 2.31. The van der Waals surface area contributed by atoms with Crippen LogP contribution >= 0.6 is 12.4 Å². The number of benzene rings is 1. The van der Waals surface area contributed by atoms with Gasteiger partial charge in [0.25, 0.3) is 0 Å². The van der Waals surface area contributed by atoms with Gasteiger partial charge in [-0.3, -0.25) is 4.79 Å². The molecule has 0 radical (unpaired) electrons. The SMILES string of the molecule is CN(CCCC(=O)NCC(N)C1CC1)S(=O)(=O)c1ccc(F)cc1.Cl. The van der Waals surface area contributed by atoms with Crippen LogP contribution in [0.3, 0.4) is 0 Å². The standard InChI is InChI=1S/C16H24FN3O3S.ClH/c1-20(24(22,23)14-8-6-13(17)7-9-14)10-2-3-16(21)19-11-15(18)12-4-5-12;/h6-9,12,15H,2-5,10-11,18H2,1H3,(H,19,21);1H. The second kappa shape index (κ2) is 9.47. The average molecular weight is 394 g/mol. The lowest BCUT2D eigenvalue weighted by molar-refractivity contribution is -0.121. The van der Waals surface area contributed by atoms with E-state index in [2.05, 4.69) is 5.32 Å². The van der Waals surface area contributed by atoms with Crippen molar-refractivity contribution in [2.45, 2.75) is 36.6 Å². The van der Waals surface area contributed by atoms with Gasteiger partial charge in [0, 0.05) is 32.6 Å². The van der Waals surface area contributed by atoms with Gasteiger partial charge in [0.2, 0.25) is 15.9 Å². The number of sulfonamides is 1. The maximum absolute atomic E-state index is 12.9. The van der Waals surface area contributed by atoms with Gasteiger partial charge < -0.3 is 11.1 Å². The molecule has 1 aliphatic carbocycles. The summed E-state index contributed by atoms with van der Waals surface area (Å²) < 4.78 is 38.7. The van der Waals surface area contributed by atoms with Gasteiger partial charge in [-0.05, 0) is 49.4 Å². The molecular formula is C16H25ClFN3O3S. The Kier molecular flexibility index (Phi) is 8.27. The van der Waals surface area contributed by atoms with Crippen molar-refractivity contribution in [3.63, 3.8) is 0 Å². The first kappa shape index (κ1) is 21.8. The van der Waals surface area contributed by atoms with Gasteiger partial charge in [-0.15, -0.1) is 12.4 Å². The van der Waals surface area contributed by atoms with E-state index in [0.29, 0.717) is 18.9 Å². The molecule has 0 bridgehead atoms. The summed E-state index contributed by atoms with van der Waals surface area (Å²) >= 11 is 0. The second-order valence-electron chi connectivity index (χ2n) is 6.19. The van der Waals surface area contributed by atoms with Gasteiger partial charge in [-0.2, -0.15) is 0 Å². The van der Waals surface area contributed by atoms with Crippen LogP contribution in [0.2, 0.25) is 0 Å². The van der Waals surface area contributed by atoms with Crippen LogP contribution in [0.1, 0.15) is 25.7 Å². The highest BCUT2D eigenvalue weighted by molar-refractivity contribution is 7.89. The molecule has 0 aliphatic heterocycles. The number of halogens is 2. The molecule has 1 saturated carbocycles. The Morgan fingerprint density at radius 1 is 1.36 bits per heavy atom. The number of hydrogen-bond donors (Lipinski definition) is 2. The molecule has 0 aromatic heterocycles. The van der Waals surface area contributed by atoms with Crippen LogP contribution in [0.4, 0.5) is 4.39 Å². The topological polar surface area (TPSA) is 92.5 Å². The lowest BCUT2D eigenvalue weighted by Crippen LogP contribution is -2.38. The van der Waals surface area contributed by atoms with Crippen LogP contribution in [0.15, 0.2) is 29.2 Å². The number of nitrogens with one attached hydrogen (secondary N) is 1. The third-order valence-corrected chi connectivity index (χ3v) is 6.03. The lowest BCUT2D eigenvalue weighted by Gasteiger charge is -2.17. The van der Waals surface area contributed by atoms with Gasteiger partial charge in [0.05, 0.1) is 4.90 Å². The lowest BCUT2D eigenvalue weighted by atomic mass is 10.2. The first-order chi connectivity index (χ1) is 11.3. The molecule has 0 spiro atoms. The maximum atomic E-state index is 12.9. The molecule has 1 amide bonds. The molecule has 1 aliphatic rings. The molecular weight excluding hydrogens is 369 g/mol. The number of amides is 1. The van der Waals surface area contributed by atoms with E-state index >= 15 is 0 Å². The summed E-state index contributed by atoms with van der Waals surface area (Å²) in [5.41, 5.74) is 5.91. The Morgan fingerprint density at radius 2 is 1.96 bits per heavy atom. The minimum absolute atomic E-state index is 0. The minimum atomic E-state index is -3.67. The summed E-state index contributed by atoms with van der Waals surface area (Å²) in [6, 6.07) is 4.69. The Morgan fingerprint density at radius 3 is 2.52 bits per heavy atom. The van der Waals surface area contributed by atoms with Gasteiger partial charge in [-0.1, -0.05) is 0 Å². The highest BCUT2D eigenvalue weighted by Gasteiger charge is 2.28. The zero-order valence-corrected chi connectivity index (χ0v) is 15.8. The molecule has 9 heteroatoms. The van der Waals surface area contributed by atoms with Gasteiger partial charge >= 0.3 is 0 Å². The Balaban J connectivity index is 0.00000312. The summed E-state index contributed by atoms with van der Waals surface area (Å²) in [7, 11) is -2.22. The van der Waals surface area contributed by atoms with Crippen LogP contribution in [-0.2, 0) is 14.8 Å². The molecule has 1 atom stereocenters. The van der Waals surface area contributed by atoms with Crippen LogP contribution in [-0.4, -0.2) is 44.8 Å². The number of nitrogens with zero attached hydrogens (tertiary/aromatic N) is 1. The predicted octanol–water partition coefficient (Wildman–Crippen LogP) is 1.50. The second-order valence-corrected chi connectivity index (χ2v) is 8.23. The fourth-order valence-electron chi connectivity index (χ4n) is 2.38. The Bertz CT molecular complexity index is 666. The first-order valence-corrected chi connectivity index (χ1v) is 9.49. The van der Waals surface area contributed by atoms with E-state index in [-0.39, 0.29) is 42.2 Å². The van der Waals surface area contributed by atoms with Crippen molar-refractivity contribution in [1.82, 2.24) is 9.62 Å². The van der Waals surface area contributed by atoms with Gasteiger partial charge in [0.1, 0.15) is 5.82 Å². The maximum Gasteiger partial charge on any atom is 0.242 e. The van der Waals surface area contributed by atoms with Gasteiger partial charge in [-0.25, -0.2) is 17.1 Å². The van der Waals surface area contributed by atoms with E-state index in [9.17, 15) is 17.6 Å². The molecule has 1 aromatic rings. The van der Waals surface area contributed by atoms with Crippen LogP contribution in [0.5, 0.6) is 0 Å². The Hall–Kier alpha value is -1.22. The largest absolute Gasteiger partial charge is 0.355 e. The van der Waals surface area contributed by atoms with Crippen molar-refractivity contribution in [3.05, 3.63) is 30.1 Å². The van der Waals surface area contributed by atoms with E-state index < -0.39 is 15.8 Å². The number of rotatable bonds is 9. The van der Waals surface area contributed by atoms with Crippen LogP contribution in [0.25, 0.3) is 0 Å². The molecule has 0 saturated heterocycles. The van der Waals surface area contributed by atoms with Gasteiger partial charge in [0.15, 0.2) is 0 Å². The van der Waals surface area contributed by atoms with Crippen LogP contribution in [0, 0.1) is 11.7 Å². The fraction of sp³-hybridized carbons (Fsp3) is 0.562. The van der Waals surface area contributed by atoms with Crippen molar-refractivity contribution in [2.24, 2.45) is 11.7 Å². The van der Waals surface area contributed by atoms with Crippen molar-refractivity contribution in [3.8, 4) is 0 Å². The highest BCUT2D eigenvalue weighted by atomic mass is 35.5. The van der Waals surface area contributed by atoms with E-state index in [1.165, 1.54) is 23.5 Å². The molecule has 6 nitrogen and oxygen atoms in total. The zero-order chi connectivity index (χ0) is 17.7. The van der Waals surface area contributed by atoms with Crippen molar-refractivity contribution < 1.29 is 17.6 Å². The van der Waals surface area contributed by atoms with Crippen molar-refractivity contribution in [1.29, 1.82) is 0 Å². The minimum Gasteiger partial charge on any atom is -0.355 e. The van der Waals surface area contributed by atoms with E-state index in [1.54, 1.807) is 0 Å². The number of hydrogen-bond acceptors (Lipinski definition) is 4. The quantitative estimate of drug-likeness (QED) is 0.665. The molecule has 3 N–H and O–H groups in total. The first-order valence-electron chi connectivity index (χ1n) is 8.05. The number of nitrogens with two attached hydrogens (primary N) is 1. The van der Waals surface area contributed by atoms with Crippen molar-refractivity contribution >= 4 is 28.3 Å². The molecule has 25 heavy (non-hydrogen) atoms. The van der Waals surface area contributed by atoms with E-state index in [1.807, 2.05) is 0 Å². The smallest absolute Gasteiger partial charge is 0.242 e. The zero-order valence-electron chi connectivity index (χ0n) is 14.2. The Labute approximate surface area is 154 Å². The average Bonchev–Trinajstić information content (AvgIpc) is 3.37. The summed E-state index contributed by atoms with van der Waals surface area (Å²) in [6.07, 6.45) is 2.90. The summed E-state index contributed by atoms with van der Waals surface area (Å²) in [5.74, 6) is -0.0892. The van der Waals surface area contributed by atoms with E-state index in [4.69, 9.17) is 5.73 Å². The molecule has 1 fully saturated rings. The third-order valence-electron chi connectivity index (χ3n) is 4.16.